The minimum Gasteiger partial charge on any atom is -0.872 e. The Labute approximate surface area is 412 Å². The first-order valence-corrected chi connectivity index (χ1v) is 27.5. The number of rotatable bonds is 13. The van der Waals surface area contributed by atoms with E-state index in [1.807, 2.05) is 79.0 Å². The van der Waals surface area contributed by atoms with Crippen LogP contribution < -0.4 is 14.3 Å². The van der Waals surface area contributed by atoms with Gasteiger partial charge in [-0.15, -0.1) is 12.3 Å². The highest BCUT2D eigenvalue weighted by molar-refractivity contribution is 6.74. The molecule has 6 aromatic carbocycles. The first kappa shape index (κ1) is 46.2. The molecule has 3 aliphatic heterocycles. The maximum Gasteiger partial charge on any atom is 0.250 e. The quantitative estimate of drug-likeness (QED) is 0.0496. The Kier molecular flexibility index (Phi) is 12.5. The molecular weight excluding hydrogens is 888 g/mol. The molecule has 7 nitrogen and oxygen atoms in total. The normalized spacial score (nSPS) is 19.5. The first-order valence-electron chi connectivity index (χ1n) is 24.2. The van der Waals surface area contributed by atoms with E-state index < -0.39 is 14.4 Å². The molecule has 3 saturated heterocycles. The van der Waals surface area contributed by atoms with Crippen molar-refractivity contribution >= 4 is 30.8 Å². The molecule has 0 amide bonds. The average Bonchev–Trinajstić information content (AvgIpc) is 3.36. The van der Waals surface area contributed by atoms with Crippen molar-refractivity contribution in [3.05, 3.63) is 193 Å². The van der Waals surface area contributed by atoms with Gasteiger partial charge in [0, 0.05) is 58.2 Å². The second-order valence-electron chi connectivity index (χ2n) is 20.5. The summed E-state index contributed by atoms with van der Waals surface area (Å²) in [6.07, 6.45) is 5.37. The Hall–Kier alpha value is -6.58. The van der Waals surface area contributed by atoms with Crippen molar-refractivity contribution in [2.75, 3.05) is 13.1 Å². The molecule has 0 spiro atoms. The zero-order chi connectivity index (χ0) is 47.9. The second-order valence-corrected chi connectivity index (χ2v) is 25.6. The number of piperidine rings is 3. The highest BCUT2D eigenvalue weighted by Gasteiger charge is 2.55. The number of halogens is 1. The number of quaternary nitrogens is 1. The zero-order valence-corrected chi connectivity index (χ0v) is 41.9. The van der Waals surface area contributed by atoms with E-state index in [0.717, 1.165) is 92.6 Å². The van der Waals surface area contributed by atoms with Crippen molar-refractivity contribution < 1.29 is 18.8 Å². The number of pyridine rings is 1. The van der Waals surface area contributed by atoms with Crippen LogP contribution in [0, 0.1) is 11.8 Å². The van der Waals surface area contributed by atoms with Crippen molar-refractivity contribution in [3.63, 3.8) is 0 Å². The molecular formula is C60H59ClN4O3Si. The van der Waals surface area contributed by atoms with Crippen LogP contribution in [0.3, 0.4) is 0 Å². The molecule has 3 fully saturated rings. The maximum absolute atomic E-state index is 13.3. The summed E-state index contributed by atoms with van der Waals surface area (Å²) in [7, 11) is -2.33. The summed E-state index contributed by atoms with van der Waals surface area (Å²) in [5.41, 5.74) is 9.54. The molecule has 2 aromatic heterocycles. The lowest BCUT2D eigenvalue weighted by atomic mass is 9.71. The summed E-state index contributed by atoms with van der Waals surface area (Å²) < 4.78 is 15.9. The van der Waals surface area contributed by atoms with E-state index in [-0.39, 0.29) is 16.8 Å². The van der Waals surface area contributed by atoms with Gasteiger partial charge in [0.05, 0.1) is 24.2 Å². The van der Waals surface area contributed by atoms with Gasteiger partial charge in [0.15, 0.2) is 11.9 Å². The molecule has 11 rings (SSSR count). The molecule has 0 saturated carbocycles. The van der Waals surface area contributed by atoms with Gasteiger partial charge < -0.3 is 18.8 Å². The van der Waals surface area contributed by atoms with Crippen LogP contribution >= 0.6 is 11.6 Å². The van der Waals surface area contributed by atoms with E-state index in [9.17, 15) is 5.11 Å². The minimum atomic E-state index is -2.33. The molecule has 0 radical (unpaired) electrons. The summed E-state index contributed by atoms with van der Waals surface area (Å²) in [5.74, 6) is 2.41. The smallest absolute Gasteiger partial charge is 0.250 e. The third kappa shape index (κ3) is 9.09. The highest BCUT2D eigenvalue weighted by Crippen LogP contribution is 2.52. The summed E-state index contributed by atoms with van der Waals surface area (Å²) in [6, 6.07) is 53.1. The predicted octanol–water partition coefficient (Wildman–Crippen LogP) is 14.5. The van der Waals surface area contributed by atoms with Crippen molar-refractivity contribution in [2.24, 2.45) is 11.8 Å². The lowest BCUT2D eigenvalue weighted by molar-refractivity contribution is -0.984. The van der Waals surface area contributed by atoms with E-state index in [2.05, 4.69) is 119 Å². The summed E-state index contributed by atoms with van der Waals surface area (Å²) in [6.45, 7) is 18.5. The van der Waals surface area contributed by atoms with Crippen LogP contribution in [0.1, 0.15) is 50.8 Å². The molecule has 8 aromatic rings. The van der Waals surface area contributed by atoms with Gasteiger partial charge in [-0.2, -0.15) is 4.98 Å². The van der Waals surface area contributed by atoms with Gasteiger partial charge in [-0.3, -0.25) is 4.98 Å². The number of ether oxygens (including phenoxy) is 1. The van der Waals surface area contributed by atoms with Crippen LogP contribution in [0.4, 0.5) is 0 Å². The Balaban J connectivity index is 1.19. The van der Waals surface area contributed by atoms with E-state index in [4.69, 9.17) is 35.7 Å². The van der Waals surface area contributed by atoms with Gasteiger partial charge in [-0.1, -0.05) is 172 Å². The van der Waals surface area contributed by atoms with Crippen molar-refractivity contribution in [2.45, 2.75) is 70.4 Å². The fraction of sp³-hybridized carbons (Fsp3) is 0.250. The van der Waals surface area contributed by atoms with Gasteiger partial charge in [-0.05, 0) is 65.0 Å². The molecule has 5 atom stereocenters. The van der Waals surface area contributed by atoms with Gasteiger partial charge >= 0.3 is 0 Å². The molecule has 0 N–H and O–H groups in total. The zero-order valence-electron chi connectivity index (χ0n) is 40.1. The maximum atomic E-state index is 13.3. The molecule has 2 bridgehead atoms. The van der Waals surface area contributed by atoms with Gasteiger partial charge in [0.2, 0.25) is 5.88 Å². The second kappa shape index (κ2) is 18.7. The largest absolute Gasteiger partial charge is 0.872 e. The van der Waals surface area contributed by atoms with Crippen molar-refractivity contribution in [1.29, 1.82) is 0 Å². The van der Waals surface area contributed by atoms with Crippen LogP contribution in [0.25, 0.3) is 55.7 Å². The number of hydrogen-bond donors (Lipinski definition) is 0. The molecule has 69 heavy (non-hydrogen) atoms. The standard InChI is InChI=1S/C60H59ClN4O3Si/c1-7-41-39-65(38-40-34-49(42-20-12-8-13-21-42)55(68-69(5,6)60(2,3)4)50(35-40)43-22-14-9-15-23-43)33-31-46(41)36-53(65)56(48-30-32-62-52-29-28-47(66)37-51(48)52)67-59-54(44-24-16-10-17-25-44)57(61)63-58(64-59)45-26-18-11-19-27-45/h7-30,32,34-35,37,41,46,53,56H,1,31,33,36,38-39H2,2-6H3/t41-,46-,53-,56+,65-/m1/s1. The molecule has 0 unspecified atom stereocenters. The van der Waals surface area contributed by atoms with Gasteiger partial charge in [-0.25, -0.2) is 4.98 Å². The lowest BCUT2D eigenvalue weighted by Crippen LogP contribution is -2.68. The fourth-order valence-corrected chi connectivity index (χ4v) is 11.9. The van der Waals surface area contributed by atoms with Gasteiger partial charge in [0.25, 0.3) is 8.32 Å². The monoisotopic (exact) mass is 946 g/mol. The highest BCUT2D eigenvalue weighted by atomic mass is 35.5. The topological polar surface area (TPSA) is 80.2 Å². The number of nitrogens with zero attached hydrogens (tertiary/aromatic N) is 4. The number of benzene rings is 6. The average molecular weight is 948 g/mol. The summed E-state index contributed by atoms with van der Waals surface area (Å²) in [5, 5.41) is 14.4. The van der Waals surface area contributed by atoms with Crippen molar-refractivity contribution in [3.8, 4) is 62.1 Å². The SMILES string of the molecule is C=C[C@@H]1C[N@+]2(Cc3cc(-c4ccccc4)c(O[Si](C)(C)C(C)(C)C)c(-c4ccccc4)c3)CC[C@@H]1C[C@@H]2[C@@H](Oc1nc(-c2ccccc2)nc(Cl)c1-c1ccccc1)c1ccnc2ccc([O-])cc12. The van der Waals surface area contributed by atoms with E-state index >= 15 is 0 Å². The van der Waals surface area contributed by atoms with E-state index in [0.29, 0.717) is 34.3 Å². The minimum absolute atomic E-state index is 0.0216. The summed E-state index contributed by atoms with van der Waals surface area (Å²) in [4.78, 5) is 14.9. The van der Waals surface area contributed by atoms with Crippen LogP contribution in [0.5, 0.6) is 17.4 Å². The fourth-order valence-electron chi connectivity index (χ4n) is 10.6. The van der Waals surface area contributed by atoms with Crippen LogP contribution in [0.15, 0.2) is 177 Å². The third-order valence-electron chi connectivity index (χ3n) is 15.2. The molecule has 3 aliphatic rings. The van der Waals surface area contributed by atoms with Crippen LogP contribution in [-0.4, -0.2) is 46.9 Å². The molecule has 0 aliphatic carbocycles. The van der Waals surface area contributed by atoms with E-state index in [1.165, 1.54) is 5.56 Å². The number of aromatic nitrogens is 3. The van der Waals surface area contributed by atoms with Crippen LogP contribution in [-0.2, 0) is 6.54 Å². The Bertz CT molecular complexity index is 3070. The van der Waals surface area contributed by atoms with Crippen molar-refractivity contribution in [1.82, 2.24) is 15.0 Å². The third-order valence-corrected chi connectivity index (χ3v) is 19.8. The number of fused-ring (bicyclic) bond motifs is 4. The Morgan fingerprint density at radius 3 is 1.97 bits per heavy atom. The Morgan fingerprint density at radius 2 is 1.38 bits per heavy atom. The number of hydrogen-bond acceptors (Lipinski definition) is 6. The molecule has 5 heterocycles. The summed E-state index contributed by atoms with van der Waals surface area (Å²) >= 11 is 7.29. The first-order chi connectivity index (χ1) is 33.3. The Morgan fingerprint density at radius 1 is 0.783 bits per heavy atom. The van der Waals surface area contributed by atoms with E-state index in [1.54, 1.807) is 12.1 Å². The lowest BCUT2D eigenvalue weighted by Gasteiger charge is -2.58. The predicted molar refractivity (Wildman–Crippen MR) is 282 cm³/mol. The molecule has 348 valence electrons. The molecule has 9 heteroatoms. The van der Waals surface area contributed by atoms with Crippen LogP contribution in [0.2, 0.25) is 23.3 Å². The van der Waals surface area contributed by atoms with Gasteiger partial charge in [0.1, 0.15) is 23.5 Å².